The summed E-state index contributed by atoms with van der Waals surface area (Å²) in [5.41, 5.74) is -0.527. The van der Waals surface area contributed by atoms with E-state index in [1.807, 2.05) is 0 Å². The number of rotatable bonds is 3. The van der Waals surface area contributed by atoms with Crippen molar-refractivity contribution in [3.8, 4) is 0 Å². The molecule has 1 aromatic rings. The predicted molar refractivity (Wildman–Crippen MR) is 76.9 cm³/mol. The molecular weight excluding hydrogens is 287 g/mol. The number of hydrogen-bond donors (Lipinski definition) is 0. The fourth-order valence-electron chi connectivity index (χ4n) is 1.14. The Morgan fingerprint density at radius 3 is 2.15 bits per heavy atom. The zero-order chi connectivity index (χ0) is 15.4. The van der Waals surface area contributed by atoms with Crippen LogP contribution in [-0.4, -0.2) is 20.8 Å². The van der Waals surface area contributed by atoms with Crippen molar-refractivity contribution in [2.24, 2.45) is 4.40 Å². The lowest BCUT2D eigenvalue weighted by atomic mass is 10.2. The molecule has 6 heteroatoms. The van der Waals surface area contributed by atoms with Gasteiger partial charge in [0.1, 0.15) is 11.0 Å². The second-order valence-corrected chi connectivity index (χ2v) is 6.99. The average Bonchev–Trinajstić information content (AvgIpc) is 2.32. The van der Waals surface area contributed by atoms with Crippen LogP contribution in [0.15, 0.2) is 40.8 Å². The molecule has 0 amide bonds. The van der Waals surface area contributed by atoms with E-state index in [-0.39, 0.29) is 0 Å². The second-order valence-electron chi connectivity index (χ2n) is 5.08. The van der Waals surface area contributed by atoms with Crippen LogP contribution in [0.4, 0.5) is 13.2 Å². The highest BCUT2D eigenvalue weighted by atomic mass is 32.2. The van der Waals surface area contributed by atoms with Gasteiger partial charge < -0.3 is 0 Å². The number of nitrogens with zero attached hydrogens (tertiary/aromatic N) is 1. The Morgan fingerprint density at radius 2 is 1.70 bits per heavy atom. The molecule has 0 fully saturated rings. The molecule has 110 valence electrons. The van der Waals surface area contributed by atoms with Gasteiger partial charge in [-0.1, -0.05) is 36.4 Å². The highest BCUT2D eigenvalue weighted by molar-refractivity contribution is 7.85. The van der Waals surface area contributed by atoms with Crippen LogP contribution in [0.25, 0.3) is 6.08 Å². The minimum atomic E-state index is -4.63. The summed E-state index contributed by atoms with van der Waals surface area (Å²) in [5, 5.41) is 0. The van der Waals surface area contributed by atoms with E-state index >= 15 is 0 Å². The molecule has 0 aliphatic heterocycles. The number of alkyl halides is 3. The molecule has 0 N–H and O–H groups in total. The van der Waals surface area contributed by atoms with Gasteiger partial charge in [0.25, 0.3) is 0 Å². The van der Waals surface area contributed by atoms with Crippen LogP contribution in [0.3, 0.4) is 0 Å². The molecular formula is C14H16F3NOS. The molecule has 0 saturated carbocycles. The summed E-state index contributed by atoms with van der Waals surface area (Å²) in [6, 6.07) is 8.55. The first kappa shape index (κ1) is 16.6. The predicted octanol–water partition coefficient (Wildman–Crippen LogP) is 4.17. The summed E-state index contributed by atoms with van der Waals surface area (Å²) in [6.07, 6.45) is -2.49. The standard InChI is InChI=1S/C14H16F3NOS/c1-13(2,3)20(19)18-12(14(15,16)17)10-9-11-7-5-4-6-8-11/h4-10H,1-3H3/b10-9+,18-12?. The van der Waals surface area contributed by atoms with Crippen LogP contribution in [0, 0.1) is 0 Å². The van der Waals surface area contributed by atoms with Gasteiger partial charge >= 0.3 is 6.18 Å². The first-order valence-electron chi connectivity index (χ1n) is 5.92. The SMILES string of the molecule is CC(C)(C)S(=O)N=C(/C=C/c1ccccc1)C(F)(F)F. The molecule has 1 unspecified atom stereocenters. The molecule has 0 saturated heterocycles. The first-order valence-corrected chi connectivity index (χ1v) is 7.02. The third kappa shape index (κ3) is 5.28. The van der Waals surface area contributed by atoms with Crippen LogP contribution < -0.4 is 0 Å². The van der Waals surface area contributed by atoms with Crippen molar-refractivity contribution in [2.45, 2.75) is 31.7 Å². The van der Waals surface area contributed by atoms with Crippen molar-refractivity contribution < 1.29 is 17.4 Å². The summed E-state index contributed by atoms with van der Waals surface area (Å²) in [5.74, 6) is 0. The van der Waals surface area contributed by atoms with Gasteiger partial charge in [0.15, 0.2) is 5.71 Å². The second kappa shape index (κ2) is 6.35. The third-order valence-corrected chi connectivity index (χ3v) is 3.64. The van der Waals surface area contributed by atoms with Gasteiger partial charge in [0.05, 0.1) is 4.75 Å². The summed E-state index contributed by atoms with van der Waals surface area (Å²) in [6.45, 7) is 4.71. The molecule has 0 aliphatic rings. The van der Waals surface area contributed by atoms with Gasteiger partial charge in [-0.25, -0.2) is 4.21 Å². The Labute approximate surface area is 119 Å². The Balaban J connectivity index is 3.07. The maximum Gasteiger partial charge on any atom is 0.434 e. The average molecular weight is 303 g/mol. The molecule has 0 bridgehead atoms. The highest BCUT2D eigenvalue weighted by Crippen LogP contribution is 2.22. The van der Waals surface area contributed by atoms with Crippen LogP contribution in [0.5, 0.6) is 0 Å². The Morgan fingerprint density at radius 1 is 1.15 bits per heavy atom. The molecule has 0 spiro atoms. The van der Waals surface area contributed by atoms with Crippen molar-refractivity contribution in [1.29, 1.82) is 0 Å². The van der Waals surface area contributed by atoms with E-state index in [0.717, 1.165) is 6.08 Å². The molecule has 1 aromatic carbocycles. The van der Waals surface area contributed by atoms with Gasteiger partial charge in [-0.2, -0.15) is 17.6 Å². The quantitative estimate of drug-likeness (QED) is 0.771. The van der Waals surface area contributed by atoms with Gasteiger partial charge in [-0.3, -0.25) is 0 Å². The summed E-state index contributed by atoms with van der Waals surface area (Å²) >= 11 is 0. The molecule has 2 nitrogen and oxygen atoms in total. The Hall–Kier alpha value is -1.43. The molecule has 0 aromatic heterocycles. The van der Waals surface area contributed by atoms with Crippen molar-refractivity contribution in [3.05, 3.63) is 42.0 Å². The molecule has 0 radical (unpaired) electrons. The van der Waals surface area contributed by atoms with Crippen LogP contribution in [-0.2, 0) is 11.0 Å². The smallest absolute Gasteiger partial charge is 0.234 e. The van der Waals surface area contributed by atoms with Crippen LogP contribution >= 0.6 is 0 Å². The summed E-state index contributed by atoms with van der Waals surface area (Å²) in [4.78, 5) is 0. The van der Waals surface area contributed by atoms with Crippen molar-refractivity contribution >= 4 is 22.8 Å². The highest BCUT2D eigenvalue weighted by Gasteiger charge is 2.35. The topological polar surface area (TPSA) is 29.4 Å². The lowest BCUT2D eigenvalue weighted by molar-refractivity contribution is -0.0574. The Bertz CT molecular complexity index is 528. The van der Waals surface area contributed by atoms with E-state index in [1.54, 1.807) is 51.1 Å². The molecule has 1 rings (SSSR count). The van der Waals surface area contributed by atoms with Gasteiger partial charge in [0, 0.05) is 0 Å². The molecule has 1 atom stereocenters. The summed E-state index contributed by atoms with van der Waals surface area (Å²) in [7, 11) is -1.96. The monoisotopic (exact) mass is 303 g/mol. The van der Waals surface area contributed by atoms with Crippen LogP contribution in [0.1, 0.15) is 26.3 Å². The lowest BCUT2D eigenvalue weighted by Crippen LogP contribution is -2.26. The van der Waals surface area contributed by atoms with Crippen molar-refractivity contribution in [3.63, 3.8) is 0 Å². The van der Waals surface area contributed by atoms with E-state index in [4.69, 9.17) is 0 Å². The number of hydrogen-bond acceptors (Lipinski definition) is 1. The van der Waals surface area contributed by atoms with Gasteiger partial charge in [0.2, 0.25) is 0 Å². The van der Waals surface area contributed by atoms with E-state index in [2.05, 4.69) is 4.40 Å². The molecule has 20 heavy (non-hydrogen) atoms. The van der Waals surface area contributed by atoms with E-state index in [1.165, 1.54) is 6.08 Å². The number of allylic oxidation sites excluding steroid dienone is 1. The van der Waals surface area contributed by atoms with Crippen LogP contribution in [0.2, 0.25) is 0 Å². The van der Waals surface area contributed by atoms with Gasteiger partial charge in [-0.15, -0.1) is 0 Å². The zero-order valence-electron chi connectivity index (χ0n) is 11.4. The maximum atomic E-state index is 12.9. The van der Waals surface area contributed by atoms with Gasteiger partial charge in [-0.05, 0) is 32.4 Å². The van der Waals surface area contributed by atoms with E-state index in [0.29, 0.717) is 5.56 Å². The molecule has 0 heterocycles. The normalized spacial score (nSPS) is 15.6. The zero-order valence-corrected chi connectivity index (χ0v) is 12.3. The Kier molecular flexibility index (Phi) is 5.28. The largest absolute Gasteiger partial charge is 0.434 e. The number of halogens is 3. The minimum absolute atomic E-state index is 0.617. The molecule has 0 aliphatic carbocycles. The van der Waals surface area contributed by atoms with E-state index < -0.39 is 27.6 Å². The third-order valence-electron chi connectivity index (χ3n) is 2.23. The van der Waals surface area contributed by atoms with Crippen molar-refractivity contribution in [1.82, 2.24) is 0 Å². The summed E-state index contributed by atoms with van der Waals surface area (Å²) < 4.78 is 52.8. The maximum absolute atomic E-state index is 12.9. The fourth-order valence-corrected chi connectivity index (χ4v) is 1.76. The number of benzene rings is 1. The minimum Gasteiger partial charge on any atom is -0.234 e. The first-order chi connectivity index (χ1) is 9.10. The van der Waals surface area contributed by atoms with Crippen molar-refractivity contribution in [2.75, 3.05) is 0 Å². The lowest BCUT2D eigenvalue weighted by Gasteiger charge is -2.15. The fraction of sp³-hybridized carbons (Fsp3) is 0.357. The van der Waals surface area contributed by atoms with E-state index in [9.17, 15) is 17.4 Å².